The lowest BCUT2D eigenvalue weighted by molar-refractivity contribution is 0.597. The van der Waals surface area contributed by atoms with Crippen LogP contribution in [-0.2, 0) is 16.4 Å². The van der Waals surface area contributed by atoms with Gasteiger partial charge in [-0.3, -0.25) is 0 Å². The maximum Gasteiger partial charge on any atom is 0.247 e. The zero-order valence-corrected chi connectivity index (χ0v) is 16.9. The van der Waals surface area contributed by atoms with Crippen molar-refractivity contribution < 1.29 is 12.8 Å². The van der Waals surface area contributed by atoms with E-state index < -0.39 is 10.0 Å². The van der Waals surface area contributed by atoms with Crippen LogP contribution >= 0.6 is 11.3 Å². The van der Waals surface area contributed by atoms with Gasteiger partial charge < -0.3 is 0 Å². The lowest BCUT2D eigenvalue weighted by atomic mass is 9.90. The average molecular weight is 428 g/mol. The molecule has 0 radical (unpaired) electrons. The third-order valence-electron chi connectivity index (χ3n) is 4.68. The Labute approximate surface area is 172 Å². The van der Waals surface area contributed by atoms with Crippen LogP contribution in [0.25, 0.3) is 5.69 Å². The third-order valence-corrected chi connectivity index (χ3v) is 7.14. The fourth-order valence-electron chi connectivity index (χ4n) is 3.39. The maximum atomic E-state index is 13.4. The number of hydrogen-bond acceptors (Lipinski definition) is 4. The zero-order valence-electron chi connectivity index (χ0n) is 15.3. The van der Waals surface area contributed by atoms with E-state index in [0.29, 0.717) is 17.7 Å². The molecule has 2 aromatic carbocycles. The van der Waals surface area contributed by atoms with E-state index in [-0.39, 0.29) is 15.9 Å². The van der Waals surface area contributed by atoms with Crippen molar-refractivity contribution in [1.29, 1.82) is 0 Å². The number of halogens is 1. The van der Waals surface area contributed by atoms with Gasteiger partial charge in [-0.2, -0.15) is 5.10 Å². The Morgan fingerprint density at radius 2 is 1.76 bits per heavy atom. The first kappa shape index (κ1) is 19.5. The molecule has 0 amide bonds. The van der Waals surface area contributed by atoms with Crippen LogP contribution in [0, 0.1) is 5.82 Å². The molecule has 0 saturated heterocycles. The van der Waals surface area contributed by atoms with Gasteiger partial charge in [-0.25, -0.2) is 22.6 Å². The molecule has 8 heteroatoms. The van der Waals surface area contributed by atoms with E-state index in [1.54, 1.807) is 34.5 Å². The highest BCUT2D eigenvalue weighted by molar-refractivity contribution is 7.91. The molecule has 29 heavy (non-hydrogen) atoms. The zero-order chi connectivity index (χ0) is 20.4. The van der Waals surface area contributed by atoms with Gasteiger partial charge in [0.05, 0.1) is 11.4 Å². The quantitative estimate of drug-likeness (QED) is 0.503. The molecule has 148 valence electrons. The number of aromatic nitrogens is 2. The average Bonchev–Trinajstić information content (AvgIpc) is 3.37. The summed E-state index contributed by atoms with van der Waals surface area (Å²) >= 11 is 1.10. The Bertz CT molecular complexity index is 1220. The van der Waals surface area contributed by atoms with Crippen molar-refractivity contribution >= 4 is 21.4 Å². The summed E-state index contributed by atoms with van der Waals surface area (Å²) in [4.78, 5) is 0. The molecule has 0 fully saturated rings. The number of nitrogens with zero attached hydrogens (tertiary/aromatic N) is 2. The van der Waals surface area contributed by atoms with Crippen molar-refractivity contribution in [2.45, 2.75) is 16.5 Å². The predicted molar refractivity (Wildman–Crippen MR) is 111 cm³/mol. The van der Waals surface area contributed by atoms with E-state index in [1.165, 1.54) is 12.1 Å². The van der Waals surface area contributed by atoms with Crippen molar-refractivity contribution in [2.75, 3.05) is 0 Å². The molecule has 4 rings (SSSR count). The van der Waals surface area contributed by atoms with Gasteiger partial charge in [-0.15, -0.1) is 11.3 Å². The van der Waals surface area contributed by atoms with E-state index in [2.05, 4.69) is 5.10 Å². The summed E-state index contributed by atoms with van der Waals surface area (Å²) in [6.07, 6.45) is 2.21. The monoisotopic (exact) mass is 427 g/mol. The first-order chi connectivity index (χ1) is 13.9. The van der Waals surface area contributed by atoms with Crippen LogP contribution in [0.4, 0.5) is 4.39 Å². The summed E-state index contributed by atoms with van der Waals surface area (Å²) in [6.45, 7) is 0. The van der Waals surface area contributed by atoms with Crippen LogP contribution in [0.2, 0.25) is 0 Å². The van der Waals surface area contributed by atoms with Crippen LogP contribution in [0.15, 0.2) is 82.5 Å². The minimum atomic E-state index is -3.86. The van der Waals surface area contributed by atoms with Crippen LogP contribution in [0.3, 0.4) is 0 Å². The molecule has 1 unspecified atom stereocenters. The molecule has 1 atom stereocenters. The Balaban J connectivity index is 1.86. The SMILES string of the molecule is NS(=O)(=O)c1sccc1C(Cc1ccccc1)c1ccnn1-c1ccc(F)cc1. The van der Waals surface area contributed by atoms with Crippen LogP contribution in [-0.4, -0.2) is 18.2 Å². The van der Waals surface area contributed by atoms with Gasteiger partial charge in [0.25, 0.3) is 0 Å². The Morgan fingerprint density at radius 1 is 1.03 bits per heavy atom. The number of primary sulfonamides is 1. The summed E-state index contributed by atoms with van der Waals surface area (Å²) in [5.41, 5.74) is 3.17. The van der Waals surface area contributed by atoms with Crippen molar-refractivity contribution in [1.82, 2.24) is 9.78 Å². The summed E-state index contributed by atoms with van der Waals surface area (Å²) < 4.78 is 39.5. The minimum absolute atomic E-state index is 0.144. The largest absolute Gasteiger partial charge is 0.247 e. The Morgan fingerprint density at radius 3 is 2.45 bits per heavy atom. The molecule has 4 aromatic rings. The summed E-state index contributed by atoms with van der Waals surface area (Å²) in [5, 5.41) is 11.6. The molecule has 5 nitrogen and oxygen atoms in total. The lowest BCUT2D eigenvalue weighted by Gasteiger charge is -2.20. The first-order valence-electron chi connectivity index (χ1n) is 8.87. The minimum Gasteiger partial charge on any atom is -0.237 e. The van der Waals surface area contributed by atoms with Crippen LogP contribution < -0.4 is 5.14 Å². The molecule has 0 aliphatic carbocycles. The smallest absolute Gasteiger partial charge is 0.237 e. The third kappa shape index (κ3) is 4.14. The number of nitrogens with two attached hydrogens (primary N) is 1. The molecule has 0 aliphatic rings. The highest BCUT2D eigenvalue weighted by Crippen LogP contribution is 2.36. The summed E-state index contributed by atoms with van der Waals surface area (Å²) in [5.74, 6) is -0.637. The molecule has 2 aromatic heterocycles. The van der Waals surface area contributed by atoms with E-state index in [4.69, 9.17) is 5.14 Å². The fourth-order valence-corrected chi connectivity index (χ4v) is 5.32. The molecule has 0 saturated carbocycles. The van der Waals surface area contributed by atoms with Gasteiger partial charge in [0.2, 0.25) is 10.0 Å². The van der Waals surface area contributed by atoms with Gasteiger partial charge in [-0.1, -0.05) is 30.3 Å². The standard InChI is InChI=1S/C21H18FN3O2S2/c22-16-6-8-17(9-7-16)25-20(10-12-24-25)19(14-15-4-2-1-3-5-15)18-11-13-28-21(18)29(23,26)27/h1-13,19H,14H2,(H2,23,26,27). The Hall–Kier alpha value is -2.81. The van der Waals surface area contributed by atoms with Crippen molar-refractivity contribution in [3.8, 4) is 5.69 Å². The second-order valence-corrected chi connectivity index (χ2v) is 9.27. The van der Waals surface area contributed by atoms with Gasteiger partial charge in [-0.05, 0) is 59.3 Å². The van der Waals surface area contributed by atoms with Crippen molar-refractivity contribution in [2.24, 2.45) is 5.14 Å². The fraction of sp³-hybridized carbons (Fsp3) is 0.0952. The van der Waals surface area contributed by atoms with E-state index in [9.17, 15) is 12.8 Å². The number of rotatable bonds is 6. The highest BCUT2D eigenvalue weighted by atomic mass is 32.2. The second kappa shape index (κ2) is 7.90. The molecular formula is C21H18FN3O2S2. The van der Waals surface area contributed by atoms with E-state index >= 15 is 0 Å². The lowest BCUT2D eigenvalue weighted by Crippen LogP contribution is -2.17. The number of hydrogen-bond donors (Lipinski definition) is 1. The predicted octanol–water partition coefficient (Wildman–Crippen LogP) is 4.09. The molecular weight excluding hydrogens is 409 g/mol. The molecule has 0 spiro atoms. The highest BCUT2D eigenvalue weighted by Gasteiger charge is 2.27. The van der Waals surface area contributed by atoms with Crippen molar-refractivity contribution in [3.63, 3.8) is 0 Å². The van der Waals surface area contributed by atoms with Crippen LogP contribution in [0.5, 0.6) is 0 Å². The van der Waals surface area contributed by atoms with Crippen LogP contribution in [0.1, 0.15) is 22.7 Å². The number of thiophene rings is 1. The van der Waals surface area contributed by atoms with Gasteiger partial charge in [0.15, 0.2) is 0 Å². The number of benzene rings is 2. The summed E-state index contributed by atoms with van der Waals surface area (Å²) in [7, 11) is -3.86. The van der Waals surface area contributed by atoms with Crippen molar-refractivity contribution in [3.05, 3.63) is 101 Å². The Kier molecular flexibility index (Phi) is 5.31. The molecule has 0 aliphatic heterocycles. The second-order valence-electron chi connectivity index (χ2n) is 6.60. The molecule has 2 N–H and O–H groups in total. The molecule has 0 bridgehead atoms. The topological polar surface area (TPSA) is 78.0 Å². The molecule has 2 heterocycles. The van der Waals surface area contributed by atoms with Gasteiger partial charge in [0, 0.05) is 12.1 Å². The van der Waals surface area contributed by atoms with Gasteiger partial charge >= 0.3 is 0 Å². The number of sulfonamides is 1. The van der Waals surface area contributed by atoms with E-state index in [1.807, 2.05) is 36.4 Å². The maximum absolute atomic E-state index is 13.4. The normalized spacial score (nSPS) is 12.8. The van der Waals surface area contributed by atoms with Gasteiger partial charge in [0.1, 0.15) is 10.0 Å². The summed E-state index contributed by atoms with van der Waals surface area (Å²) in [6, 6.07) is 19.5. The first-order valence-corrected chi connectivity index (χ1v) is 11.3. The van der Waals surface area contributed by atoms with E-state index in [0.717, 1.165) is 22.6 Å².